The van der Waals surface area contributed by atoms with E-state index in [1.54, 1.807) is 4.90 Å². The summed E-state index contributed by atoms with van der Waals surface area (Å²) in [6.45, 7) is 1.42. The van der Waals surface area contributed by atoms with Crippen LogP contribution < -0.4 is 0 Å². The zero-order chi connectivity index (χ0) is 10.6. The van der Waals surface area contributed by atoms with Crippen molar-refractivity contribution in [1.29, 1.82) is 0 Å². The van der Waals surface area contributed by atoms with Gasteiger partial charge in [0.15, 0.2) is 0 Å². The van der Waals surface area contributed by atoms with Gasteiger partial charge < -0.3 is 10.0 Å². The van der Waals surface area contributed by atoms with E-state index in [-0.39, 0.29) is 11.7 Å². The number of carbonyl (C=O) groups is 2. The van der Waals surface area contributed by atoms with Crippen LogP contribution in [0.25, 0.3) is 0 Å². The largest absolute Gasteiger partial charge is 0.481 e. The van der Waals surface area contributed by atoms with Crippen molar-refractivity contribution < 1.29 is 18.9 Å². The molecule has 1 N–H and O–H groups in total. The Kier molecular flexibility index (Phi) is 4.06. The van der Waals surface area contributed by atoms with Gasteiger partial charge in [-0.3, -0.25) is 13.8 Å². The van der Waals surface area contributed by atoms with Gasteiger partial charge in [0, 0.05) is 23.9 Å². The van der Waals surface area contributed by atoms with Crippen molar-refractivity contribution in [1.82, 2.24) is 4.90 Å². The summed E-state index contributed by atoms with van der Waals surface area (Å²) < 4.78 is 11.1. The van der Waals surface area contributed by atoms with Gasteiger partial charge in [0.05, 0.1) is 0 Å². The van der Waals surface area contributed by atoms with E-state index in [1.807, 2.05) is 0 Å². The molecule has 5 nitrogen and oxygen atoms in total. The molecule has 1 aliphatic heterocycles. The maximum absolute atomic E-state index is 11.4. The summed E-state index contributed by atoms with van der Waals surface area (Å²) in [6, 6.07) is 0. The Balaban J connectivity index is 2.32. The van der Waals surface area contributed by atoms with Crippen LogP contribution in [0.15, 0.2) is 0 Å². The van der Waals surface area contributed by atoms with Crippen LogP contribution in [-0.4, -0.2) is 50.7 Å². The Labute approximate surface area is 84.5 Å². The molecular formula is C8H13NO4S. The lowest BCUT2D eigenvalue weighted by atomic mass is 10.4. The highest BCUT2D eigenvalue weighted by Gasteiger charge is 2.20. The van der Waals surface area contributed by atoms with E-state index < -0.39 is 22.5 Å². The fraction of sp³-hybridized carbons (Fsp3) is 0.750. The molecule has 0 bridgehead atoms. The van der Waals surface area contributed by atoms with Crippen molar-refractivity contribution >= 4 is 22.7 Å². The van der Waals surface area contributed by atoms with Gasteiger partial charge in [0.25, 0.3) is 0 Å². The molecule has 0 aliphatic carbocycles. The van der Waals surface area contributed by atoms with Crippen molar-refractivity contribution in [3.63, 3.8) is 0 Å². The van der Waals surface area contributed by atoms with E-state index in [1.165, 1.54) is 0 Å². The number of carbonyl (C=O) groups excluding carboxylic acids is 1. The molecule has 1 aliphatic rings. The summed E-state index contributed by atoms with van der Waals surface area (Å²) >= 11 is 0. The number of hydrogen-bond acceptors (Lipinski definition) is 3. The first-order valence-corrected chi connectivity index (χ1v) is 5.93. The van der Waals surface area contributed by atoms with Crippen LogP contribution in [0.1, 0.15) is 12.8 Å². The van der Waals surface area contributed by atoms with Crippen LogP contribution >= 0.6 is 0 Å². The lowest BCUT2D eigenvalue weighted by Crippen LogP contribution is -2.32. The molecule has 1 unspecified atom stereocenters. The third kappa shape index (κ3) is 3.45. The first-order valence-electron chi connectivity index (χ1n) is 4.44. The van der Waals surface area contributed by atoms with Gasteiger partial charge in [-0.2, -0.15) is 0 Å². The van der Waals surface area contributed by atoms with Gasteiger partial charge in [0.2, 0.25) is 5.91 Å². The average Bonchev–Trinajstić information content (AvgIpc) is 2.53. The van der Waals surface area contributed by atoms with Crippen LogP contribution in [0.3, 0.4) is 0 Å². The molecule has 0 spiro atoms. The second-order valence-corrected chi connectivity index (χ2v) is 4.67. The quantitative estimate of drug-likeness (QED) is 0.688. The molecule has 6 heteroatoms. The number of carboxylic acids is 1. The highest BCUT2D eigenvalue weighted by molar-refractivity contribution is 7.86. The smallest absolute Gasteiger partial charge is 0.316 e. The highest BCUT2D eigenvalue weighted by atomic mass is 32.2. The summed E-state index contributed by atoms with van der Waals surface area (Å²) in [5.41, 5.74) is 0. The number of amides is 1. The molecule has 1 amide bonds. The maximum Gasteiger partial charge on any atom is 0.316 e. The Morgan fingerprint density at radius 1 is 1.21 bits per heavy atom. The van der Waals surface area contributed by atoms with E-state index in [2.05, 4.69) is 0 Å². The highest BCUT2D eigenvalue weighted by Crippen LogP contribution is 2.07. The Morgan fingerprint density at radius 2 is 1.79 bits per heavy atom. The summed E-state index contributed by atoms with van der Waals surface area (Å²) in [6.07, 6.45) is 1.97. The lowest BCUT2D eigenvalue weighted by Gasteiger charge is -2.13. The number of likely N-dealkylation sites (tertiary alicyclic amines) is 1. The summed E-state index contributed by atoms with van der Waals surface area (Å²) in [7, 11) is -1.57. The minimum absolute atomic E-state index is 0.160. The summed E-state index contributed by atoms with van der Waals surface area (Å²) in [4.78, 5) is 23.2. The molecule has 0 aromatic rings. The minimum Gasteiger partial charge on any atom is -0.481 e. The normalized spacial score (nSPS) is 18.1. The molecular weight excluding hydrogens is 206 g/mol. The predicted octanol–water partition coefficient (Wildman–Crippen LogP) is -0.558. The van der Waals surface area contributed by atoms with Gasteiger partial charge >= 0.3 is 5.97 Å². The molecule has 1 heterocycles. The molecule has 0 aromatic heterocycles. The molecule has 14 heavy (non-hydrogen) atoms. The second-order valence-electron chi connectivity index (χ2n) is 3.21. The first-order chi connectivity index (χ1) is 6.59. The van der Waals surface area contributed by atoms with Crippen LogP contribution in [0.5, 0.6) is 0 Å². The molecule has 1 saturated heterocycles. The zero-order valence-electron chi connectivity index (χ0n) is 7.77. The first kappa shape index (κ1) is 11.2. The molecule has 0 radical (unpaired) electrons. The number of aliphatic carboxylic acids is 1. The number of hydrogen-bond donors (Lipinski definition) is 1. The minimum atomic E-state index is -1.57. The molecule has 0 aromatic carbocycles. The Hall–Kier alpha value is -0.910. The Bertz CT molecular complexity index is 260. The standard InChI is InChI=1S/C8H13NO4S/c10-7(9-3-1-2-4-9)5-14(13)6-8(11)12/h1-6H2,(H,11,12). The van der Waals surface area contributed by atoms with Crippen molar-refractivity contribution in [2.24, 2.45) is 0 Å². The molecule has 1 rings (SSSR count). The predicted molar refractivity (Wildman–Crippen MR) is 51.3 cm³/mol. The van der Waals surface area contributed by atoms with Crippen LogP contribution in [0, 0.1) is 0 Å². The van der Waals surface area contributed by atoms with Gasteiger partial charge in [-0.1, -0.05) is 0 Å². The number of rotatable bonds is 4. The van der Waals surface area contributed by atoms with Gasteiger partial charge in [-0.05, 0) is 12.8 Å². The van der Waals surface area contributed by atoms with Crippen LogP contribution in [0.2, 0.25) is 0 Å². The zero-order valence-corrected chi connectivity index (χ0v) is 8.59. The Morgan fingerprint density at radius 3 is 2.29 bits per heavy atom. The fourth-order valence-corrected chi connectivity index (χ4v) is 2.22. The van der Waals surface area contributed by atoms with Gasteiger partial charge in [0.1, 0.15) is 11.5 Å². The summed E-state index contributed by atoms with van der Waals surface area (Å²) in [5, 5.41) is 8.34. The third-order valence-corrected chi connectivity index (χ3v) is 3.17. The number of carboxylic acid groups (broad SMARTS) is 1. The number of nitrogens with zero attached hydrogens (tertiary/aromatic N) is 1. The molecule has 1 atom stereocenters. The molecule has 0 saturated carbocycles. The fourth-order valence-electron chi connectivity index (χ4n) is 1.38. The van der Waals surface area contributed by atoms with Crippen molar-refractivity contribution in [3.05, 3.63) is 0 Å². The van der Waals surface area contributed by atoms with Crippen LogP contribution in [-0.2, 0) is 20.4 Å². The van der Waals surface area contributed by atoms with Gasteiger partial charge in [-0.25, -0.2) is 0 Å². The van der Waals surface area contributed by atoms with Crippen LogP contribution in [0.4, 0.5) is 0 Å². The second kappa shape index (κ2) is 5.09. The van der Waals surface area contributed by atoms with Gasteiger partial charge in [-0.15, -0.1) is 0 Å². The molecule has 80 valence electrons. The van der Waals surface area contributed by atoms with E-state index >= 15 is 0 Å². The summed E-state index contributed by atoms with van der Waals surface area (Å²) in [5.74, 6) is -1.93. The topological polar surface area (TPSA) is 74.7 Å². The van der Waals surface area contributed by atoms with Crippen molar-refractivity contribution in [2.75, 3.05) is 24.6 Å². The van der Waals surface area contributed by atoms with E-state index in [9.17, 15) is 13.8 Å². The average molecular weight is 219 g/mol. The van der Waals surface area contributed by atoms with Crippen molar-refractivity contribution in [3.8, 4) is 0 Å². The van der Waals surface area contributed by atoms with E-state index in [0.717, 1.165) is 12.8 Å². The maximum atomic E-state index is 11.4. The van der Waals surface area contributed by atoms with E-state index in [0.29, 0.717) is 13.1 Å². The third-order valence-electron chi connectivity index (χ3n) is 2.03. The lowest BCUT2D eigenvalue weighted by molar-refractivity contribution is -0.134. The van der Waals surface area contributed by atoms with E-state index in [4.69, 9.17) is 5.11 Å². The molecule has 1 fully saturated rings. The van der Waals surface area contributed by atoms with Crippen molar-refractivity contribution in [2.45, 2.75) is 12.8 Å². The SMILES string of the molecule is O=C(O)CS(=O)CC(=O)N1CCCC1. The monoisotopic (exact) mass is 219 g/mol.